The van der Waals surface area contributed by atoms with Crippen molar-refractivity contribution in [3.8, 4) is 0 Å². The zero-order valence-corrected chi connectivity index (χ0v) is 37.0. The van der Waals surface area contributed by atoms with Crippen LogP contribution in [0, 0.1) is 52.3 Å². The fourth-order valence-electron chi connectivity index (χ4n) is 13.8. The van der Waals surface area contributed by atoms with Crippen molar-refractivity contribution in [1.82, 2.24) is 0 Å². The fourth-order valence-corrected chi connectivity index (χ4v) is 13.8. The molecule has 0 aromatic heterocycles. The summed E-state index contributed by atoms with van der Waals surface area (Å²) >= 11 is 0. The van der Waals surface area contributed by atoms with E-state index in [1.165, 1.54) is 6.92 Å². The zero-order chi connectivity index (χ0) is 44.7. The predicted molar refractivity (Wildman–Crippen MR) is 215 cm³/mol. The van der Waals surface area contributed by atoms with Crippen LogP contribution in [0.5, 0.6) is 0 Å². The van der Waals surface area contributed by atoms with Gasteiger partial charge in [0.25, 0.3) is 0 Å². The third-order valence-electron chi connectivity index (χ3n) is 17.7. The molecule has 10 unspecified atom stereocenters. The fraction of sp³-hybridized carbons (Fsp3) is 0.978. The van der Waals surface area contributed by atoms with Gasteiger partial charge in [0.05, 0.1) is 31.0 Å². The number of fused-ring (bicyclic) bond motifs is 5. The van der Waals surface area contributed by atoms with Gasteiger partial charge in [-0.3, -0.25) is 4.79 Å². The molecule has 27 atom stereocenters. The van der Waals surface area contributed by atoms with E-state index in [1.807, 2.05) is 0 Å². The van der Waals surface area contributed by atoms with Crippen LogP contribution in [-0.4, -0.2) is 169 Å². The topological polar surface area (TPSA) is 264 Å². The Morgan fingerprint density at radius 1 is 0.629 bits per heavy atom. The third kappa shape index (κ3) is 8.27. The minimum atomic E-state index is -1.67. The van der Waals surface area contributed by atoms with E-state index in [0.29, 0.717) is 37.0 Å². The third-order valence-corrected chi connectivity index (χ3v) is 17.7. The molecule has 8 fully saturated rings. The van der Waals surface area contributed by atoms with Crippen molar-refractivity contribution in [3.05, 3.63) is 0 Å². The first-order chi connectivity index (χ1) is 29.3. The Kier molecular flexibility index (Phi) is 14.0. The maximum atomic E-state index is 14.4. The van der Waals surface area contributed by atoms with E-state index in [2.05, 4.69) is 27.7 Å². The van der Waals surface area contributed by atoms with Gasteiger partial charge in [-0.1, -0.05) is 27.7 Å². The lowest BCUT2D eigenvalue weighted by Gasteiger charge is -2.61. The van der Waals surface area contributed by atoms with Gasteiger partial charge in [-0.05, 0) is 112 Å². The highest BCUT2D eigenvalue weighted by atomic mass is 16.8. The Morgan fingerprint density at radius 3 is 1.89 bits per heavy atom. The molecule has 0 spiro atoms. The van der Waals surface area contributed by atoms with Crippen molar-refractivity contribution in [2.75, 3.05) is 6.61 Å². The summed E-state index contributed by atoms with van der Waals surface area (Å²) in [6, 6.07) is 0. The van der Waals surface area contributed by atoms with E-state index >= 15 is 0 Å². The zero-order valence-electron chi connectivity index (χ0n) is 37.0. The maximum absolute atomic E-state index is 14.4. The van der Waals surface area contributed by atoms with Gasteiger partial charge in [0.2, 0.25) is 0 Å². The lowest BCUT2D eigenvalue weighted by Crippen LogP contribution is -2.64. The molecule has 17 nitrogen and oxygen atoms in total. The van der Waals surface area contributed by atoms with Crippen molar-refractivity contribution >= 4 is 5.78 Å². The van der Waals surface area contributed by atoms with Gasteiger partial charge in [0.15, 0.2) is 25.2 Å². The summed E-state index contributed by atoms with van der Waals surface area (Å²) in [4.78, 5) is 14.4. The Morgan fingerprint density at radius 2 is 1.24 bits per heavy atom. The van der Waals surface area contributed by atoms with E-state index in [0.717, 1.165) is 44.9 Å². The average molecular weight is 887 g/mol. The van der Waals surface area contributed by atoms with E-state index < -0.39 is 111 Å². The van der Waals surface area contributed by atoms with E-state index in [4.69, 9.17) is 33.2 Å². The van der Waals surface area contributed by atoms with Crippen LogP contribution in [0.1, 0.15) is 106 Å². The molecule has 8 aliphatic rings. The van der Waals surface area contributed by atoms with Crippen LogP contribution in [0.25, 0.3) is 0 Å². The van der Waals surface area contributed by atoms with Crippen LogP contribution in [-0.2, 0) is 38.0 Å². The Bertz CT molecular complexity index is 1560. The first-order valence-corrected chi connectivity index (χ1v) is 23.4. The summed E-state index contributed by atoms with van der Waals surface area (Å²) in [6.45, 7) is 11.6. The van der Waals surface area contributed by atoms with Crippen LogP contribution < -0.4 is 0 Å². The maximum Gasteiger partial charge on any atom is 0.189 e. The summed E-state index contributed by atoms with van der Waals surface area (Å²) in [5, 5.41) is 94.4. The van der Waals surface area contributed by atoms with Crippen molar-refractivity contribution < 1.29 is 83.9 Å². The average Bonchev–Trinajstić information content (AvgIpc) is 3.60. The van der Waals surface area contributed by atoms with Gasteiger partial charge < -0.3 is 79.1 Å². The van der Waals surface area contributed by atoms with Gasteiger partial charge in [0.1, 0.15) is 66.8 Å². The lowest BCUT2D eigenvalue weighted by molar-refractivity contribution is -0.370. The number of hydrogen-bond donors (Lipinski definition) is 9. The van der Waals surface area contributed by atoms with Crippen LogP contribution in [0.2, 0.25) is 0 Å². The number of ether oxygens (including phenoxy) is 7. The molecule has 4 saturated heterocycles. The molecule has 356 valence electrons. The van der Waals surface area contributed by atoms with Crippen molar-refractivity contribution in [2.24, 2.45) is 52.3 Å². The molecular weight excluding hydrogens is 812 g/mol. The summed E-state index contributed by atoms with van der Waals surface area (Å²) in [5.41, 5.74) is -0.222. The standard InChI is InChI=1S/C45H74O17/c1-18-7-10-29(59-40(18)62-42-38(55)35(52)32(49)21(4)57-42)19(2)24-8-9-25-23-16-28(47)27-15-22(11-13-45(27,6)26(23)12-14-44(24,25)5)58-43-39(36(53)33(50)30(17-46)60-43)61-41-37(54)34(51)31(48)20(3)56-41/h18-27,29-43,46,48-55H,7-17H2,1-6H3/t18?,19?,20-,21-,22?,23?,24?,25?,26?,27?,29?,30-,31+,32+,33-,34-,35-,36-,37-,38-,39-,40?,41-,42-,43-,44-,45-/m1/s1. The van der Waals surface area contributed by atoms with Gasteiger partial charge in [-0.2, -0.15) is 0 Å². The number of ketones is 1. The largest absolute Gasteiger partial charge is 0.394 e. The molecule has 0 aromatic carbocycles. The Balaban J connectivity index is 0.917. The molecule has 4 aliphatic carbocycles. The number of aliphatic hydroxyl groups excluding tert-OH is 9. The van der Waals surface area contributed by atoms with E-state index in [-0.39, 0.29) is 46.4 Å². The second-order valence-corrected chi connectivity index (χ2v) is 21.1. The molecule has 4 saturated carbocycles. The van der Waals surface area contributed by atoms with Crippen LogP contribution in [0.15, 0.2) is 0 Å². The number of rotatable bonds is 9. The molecule has 0 aromatic rings. The molecule has 4 heterocycles. The smallest absolute Gasteiger partial charge is 0.189 e. The first kappa shape index (κ1) is 47.5. The van der Waals surface area contributed by atoms with Gasteiger partial charge in [0, 0.05) is 18.3 Å². The molecule has 62 heavy (non-hydrogen) atoms. The van der Waals surface area contributed by atoms with Gasteiger partial charge in [-0.25, -0.2) is 0 Å². The number of hydrogen-bond acceptors (Lipinski definition) is 17. The highest BCUT2D eigenvalue weighted by Crippen LogP contribution is 2.68. The predicted octanol–water partition coefficient (Wildman–Crippen LogP) is 0.483. The minimum Gasteiger partial charge on any atom is -0.394 e. The SMILES string of the molecule is CC1CCC(C(C)C2CCC3C4CC(=O)C5CC(O[C@@H]6O[C@H](CO)[C@@H](O)[C@@H](O)[C@H]6O[C@H]6O[C@H](C)[C@H](O)[C@@H](O)[C@H]6O)CC[C@]5(C)C4CC[C@]23C)OC1O[C@H]1O[C@H](C)[C@H](O)[C@@H](O)[C@H]1O. The van der Waals surface area contributed by atoms with Gasteiger partial charge in [-0.15, -0.1) is 0 Å². The number of carbonyl (C=O) groups excluding carboxylic acids is 1. The number of aliphatic hydroxyl groups is 9. The summed E-state index contributed by atoms with van der Waals surface area (Å²) in [6.07, 6.45) is -13.0. The molecule has 17 heteroatoms. The normalized spacial score (nSPS) is 56.4. The van der Waals surface area contributed by atoms with Gasteiger partial charge >= 0.3 is 0 Å². The van der Waals surface area contributed by atoms with Crippen molar-refractivity contribution in [2.45, 2.75) is 216 Å². The molecule has 9 N–H and O–H groups in total. The van der Waals surface area contributed by atoms with E-state index in [1.54, 1.807) is 6.92 Å². The molecule has 0 amide bonds. The lowest BCUT2D eigenvalue weighted by atomic mass is 9.44. The second kappa shape index (κ2) is 18.3. The highest BCUT2D eigenvalue weighted by molar-refractivity contribution is 5.83. The van der Waals surface area contributed by atoms with Crippen LogP contribution in [0.4, 0.5) is 0 Å². The monoisotopic (exact) mass is 886 g/mol. The van der Waals surface area contributed by atoms with Crippen molar-refractivity contribution in [3.63, 3.8) is 0 Å². The summed E-state index contributed by atoms with van der Waals surface area (Å²) < 4.78 is 42.7. The molecule has 8 rings (SSSR count). The molecule has 0 bridgehead atoms. The quantitative estimate of drug-likeness (QED) is 0.143. The van der Waals surface area contributed by atoms with Crippen molar-refractivity contribution in [1.29, 1.82) is 0 Å². The Hall–Kier alpha value is -0.970. The van der Waals surface area contributed by atoms with E-state index in [9.17, 15) is 50.8 Å². The first-order valence-electron chi connectivity index (χ1n) is 23.4. The minimum absolute atomic E-state index is 0.0229. The van der Waals surface area contributed by atoms with Crippen LogP contribution in [0.3, 0.4) is 0 Å². The highest BCUT2D eigenvalue weighted by Gasteiger charge is 2.64. The Labute approximate surface area is 364 Å². The molecule has 4 aliphatic heterocycles. The molecule has 0 radical (unpaired) electrons. The number of Topliss-reactive ketones (excluding diaryl/α,β-unsaturated/α-hetero) is 1. The second-order valence-electron chi connectivity index (χ2n) is 21.1. The number of carbonyl (C=O) groups is 1. The van der Waals surface area contributed by atoms with Crippen LogP contribution >= 0.6 is 0 Å². The molecular formula is C45H74O17. The summed E-state index contributed by atoms with van der Waals surface area (Å²) in [5.74, 6) is 1.60. The summed E-state index contributed by atoms with van der Waals surface area (Å²) in [7, 11) is 0.